The monoisotopic (exact) mass is 499 g/mol. The van der Waals surface area contributed by atoms with E-state index in [2.05, 4.69) is 15.6 Å². The average molecular weight is 499 g/mol. The molecule has 1 fully saturated rings. The van der Waals surface area contributed by atoms with Crippen molar-refractivity contribution in [3.05, 3.63) is 82.4 Å². The highest BCUT2D eigenvalue weighted by atomic mass is 19.1. The molecule has 1 N–H and O–H groups in total. The first-order valence-electron chi connectivity index (χ1n) is 11.7. The van der Waals surface area contributed by atoms with Crippen molar-refractivity contribution in [3.63, 3.8) is 0 Å². The summed E-state index contributed by atoms with van der Waals surface area (Å²) < 4.78 is 47.6. The summed E-state index contributed by atoms with van der Waals surface area (Å²) >= 11 is 0. The third-order valence-corrected chi connectivity index (χ3v) is 6.66. The van der Waals surface area contributed by atoms with E-state index >= 15 is 0 Å². The maximum atomic E-state index is 13.8. The van der Waals surface area contributed by atoms with Crippen molar-refractivity contribution < 1.29 is 27.5 Å². The summed E-state index contributed by atoms with van der Waals surface area (Å²) in [5, 5.41) is 10.9. The molecule has 2 aromatic carbocycles. The molecular formula is C25H24F3N5O3. The number of amides is 2. The number of hydrogen-bond acceptors (Lipinski definition) is 5. The van der Waals surface area contributed by atoms with Crippen molar-refractivity contribution in [1.82, 2.24) is 25.2 Å². The van der Waals surface area contributed by atoms with Crippen LogP contribution in [0.4, 0.5) is 13.2 Å². The van der Waals surface area contributed by atoms with Crippen LogP contribution < -0.4 is 5.32 Å². The number of hydrogen-bond donors (Lipinski definition) is 1. The second kappa shape index (κ2) is 10.1. The van der Waals surface area contributed by atoms with Crippen LogP contribution in [0.25, 0.3) is 0 Å². The molecule has 0 bridgehead atoms. The number of nitrogens with zero attached hydrogens (tertiary/aromatic N) is 4. The zero-order chi connectivity index (χ0) is 25.2. The standard InChI is InChI=1S/C25H24F3N5O3/c26-18-4-1-15(2-5-18)22-13-33-21(14-36-22)23(30-31-33)25(35)32-9-7-16(8-10-32)24(34)29-12-17-3-6-19(27)11-20(17)28/h1-6,11,16,22H,7-10,12-14H2,(H,29,34). The van der Waals surface area contributed by atoms with E-state index in [4.69, 9.17) is 4.74 Å². The first kappa shape index (κ1) is 24.0. The van der Waals surface area contributed by atoms with Crippen molar-refractivity contribution in [2.45, 2.75) is 38.6 Å². The Morgan fingerprint density at radius 3 is 2.47 bits per heavy atom. The lowest BCUT2D eigenvalue weighted by Crippen LogP contribution is -2.43. The minimum Gasteiger partial charge on any atom is -0.365 e. The fourth-order valence-electron chi connectivity index (χ4n) is 4.54. The van der Waals surface area contributed by atoms with Crippen molar-refractivity contribution in [1.29, 1.82) is 0 Å². The lowest BCUT2D eigenvalue weighted by molar-refractivity contribution is -0.126. The average Bonchev–Trinajstić information content (AvgIpc) is 3.31. The van der Waals surface area contributed by atoms with Crippen molar-refractivity contribution in [3.8, 4) is 0 Å². The van der Waals surface area contributed by atoms with Gasteiger partial charge in [0.2, 0.25) is 5.91 Å². The van der Waals surface area contributed by atoms with Gasteiger partial charge in [-0.1, -0.05) is 23.4 Å². The van der Waals surface area contributed by atoms with Gasteiger partial charge in [0.1, 0.15) is 23.6 Å². The Morgan fingerprint density at radius 1 is 1.03 bits per heavy atom. The Kier molecular flexibility index (Phi) is 6.73. The zero-order valence-corrected chi connectivity index (χ0v) is 19.3. The van der Waals surface area contributed by atoms with Crippen molar-refractivity contribution in [2.75, 3.05) is 13.1 Å². The fourth-order valence-corrected chi connectivity index (χ4v) is 4.54. The van der Waals surface area contributed by atoms with E-state index < -0.39 is 11.6 Å². The molecule has 11 heteroatoms. The Labute approximate surface area is 205 Å². The van der Waals surface area contributed by atoms with Crippen LogP contribution in [0.1, 0.15) is 46.3 Å². The second-order valence-electron chi connectivity index (χ2n) is 8.94. The molecule has 2 aliphatic heterocycles. The maximum Gasteiger partial charge on any atom is 0.276 e. The largest absolute Gasteiger partial charge is 0.365 e. The van der Waals surface area contributed by atoms with E-state index in [0.717, 1.165) is 17.7 Å². The van der Waals surface area contributed by atoms with Gasteiger partial charge in [-0.3, -0.25) is 9.59 Å². The van der Waals surface area contributed by atoms with Gasteiger partial charge in [0.05, 0.1) is 18.8 Å². The zero-order valence-electron chi connectivity index (χ0n) is 19.3. The Bertz CT molecular complexity index is 1270. The fraction of sp³-hybridized carbons (Fsp3) is 0.360. The highest BCUT2D eigenvalue weighted by Crippen LogP contribution is 2.28. The summed E-state index contributed by atoms with van der Waals surface area (Å²) in [7, 11) is 0. The van der Waals surface area contributed by atoms with Crippen molar-refractivity contribution in [2.24, 2.45) is 5.92 Å². The van der Waals surface area contributed by atoms with Crippen LogP contribution in [0.2, 0.25) is 0 Å². The molecule has 188 valence electrons. The van der Waals surface area contributed by atoms with Crippen LogP contribution in [0.5, 0.6) is 0 Å². The molecule has 1 unspecified atom stereocenters. The summed E-state index contributed by atoms with van der Waals surface area (Å²) in [4.78, 5) is 27.3. The van der Waals surface area contributed by atoms with E-state index in [0.29, 0.717) is 38.2 Å². The molecule has 1 atom stereocenters. The number of likely N-dealkylation sites (tertiary alicyclic amines) is 1. The predicted octanol–water partition coefficient (Wildman–Crippen LogP) is 3.14. The van der Waals surface area contributed by atoms with Crippen LogP contribution in [0.3, 0.4) is 0 Å². The Morgan fingerprint density at radius 2 is 1.75 bits per heavy atom. The minimum absolute atomic E-state index is 0.0323. The third kappa shape index (κ3) is 4.97. The van der Waals surface area contributed by atoms with Gasteiger partial charge in [-0.15, -0.1) is 5.10 Å². The number of ether oxygens (including phenoxy) is 1. The van der Waals surface area contributed by atoms with Gasteiger partial charge < -0.3 is 15.0 Å². The summed E-state index contributed by atoms with van der Waals surface area (Å²) in [5.41, 5.74) is 1.83. The second-order valence-corrected chi connectivity index (χ2v) is 8.94. The number of nitrogens with one attached hydrogen (secondary N) is 1. The summed E-state index contributed by atoms with van der Waals surface area (Å²) in [6.07, 6.45) is 0.590. The van der Waals surface area contributed by atoms with Gasteiger partial charge in [-0.2, -0.15) is 0 Å². The van der Waals surface area contributed by atoms with Gasteiger partial charge >= 0.3 is 0 Å². The number of carbonyl (C=O) groups is 2. The van der Waals surface area contributed by atoms with Crippen LogP contribution >= 0.6 is 0 Å². The van der Waals surface area contributed by atoms with E-state index in [1.807, 2.05) is 0 Å². The van der Waals surface area contributed by atoms with Gasteiger partial charge in [0.15, 0.2) is 5.69 Å². The molecule has 2 aliphatic rings. The SMILES string of the molecule is O=C(NCc1ccc(F)cc1F)C1CCN(C(=O)c2nnn3c2COC(c2ccc(F)cc2)C3)CC1. The van der Waals surface area contributed by atoms with Gasteiger partial charge in [-0.25, -0.2) is 17.9 Å². The van der Waals surface area contributed by atoms with Crippen LogP contribution in [0.15, 0.2) is 42.5 Å². The number of halogens is 3. The van der Waals surface area contributed by atoms with E-state index in [9.17, 15) is 22.8 Å². The highest BCUT2D eigenvalue weighted by molar-refractivity contribution is 5.93. The van der Waals surface area contributed by atoms with E-state index in [-0.39, 0.29) is 54.1 Å². The first-order chi connectivity index (χ1) is 17.4. The number of rotatable bonds is 5. The van der Waals surface area contributed by atoms with Gasteiger partial charge in [0.25, 0.3) is 5.91 Å². The lowest BCUT2D eigenvalue weighted by Gasteiger charge is -2.31. The lowest BCUT2D eigenvalue weighted by atomic mass is 9.95. The maximum absolute atomic E-state index is 13.8. The van der Waals surface area contributed by atoms with Crippen molar-refractivity contribution >= 4 is 11.8 Å². The number of benzene rings is 2. The minimum atomic E-state index is -0.708. The molecule has 3 aromatic rings. The molecule has 36 heavy (non-hydrogen) atoms. The van der Waals surface area contributed by atoms with Crippen LogP contribution in [0, 0.1) is 23.4 Å². The highest BCUT2D eigenvalue weighted by Gasteiger charge is 2.33. The Balaban J connectivity index is 1.15. The topological polar surface area (TPSA) is 89.4 Å². The van der Waals surface area contributed by atoms with Crippen LogP contribution in [-0.2, 0) is 29.2 Å². The van der Waals surface area contributed by atoms with E-state index in [1.54, 1.807) is 21.7 Å². The molecule has 0 saturated carbocycles. The smallest absolute Gasteiger partial charge is 0.276 e. The molecule has 1 aromatic heterocycles. The van der Waals surface area contributed by atoms with Gasteiger partial charge in [0, 0.05) is 37.2 Å². The van der Waals surface area contributed by atoms with Gasteiger partial charge in [-0.05, 0) is 36.6 Å². The predicted molar refractivity (Wildman–Crippen MR) is 121 cm³/mol. The molecule has 0 aliphatic carbocycles. The normalized spacial score (nSPS) is 18.1. The molecule has 1 saturated heterocycles. The Hall–Kier alpha value is -3.73. The first-order valence-corrected chi connectivity index (χ1v) is 11.7. The molecule has 3 heterocycles. The molecule has 0 radical (unpaired) electrons. The summed E-state index contributed by atoms with van der Waals surface area (Å²) in [6.45, 7) is 1.21. The van der Waals surface area contributed by atoms with Crippen LogP contribution in [-0.4, -0.2) is 44.8 Å². The van der Waals surface area contributed by atoms with E-state index in [1.165, 1.54) is 18.2 Å². The molecular weight excluding hydrogens is 475 g/mol. The molecule has 0 spiro atoms. The number of piperidine rings is 1. The third-order valence-electron chi connectivity index (χ3n) is 6.66. The quantitative estimate of drug-likeness (QED) is 0.583. The number of carbonyl (C=O) groups excluding carboxylic acids is 2. The molecule has 5 rings (SSSR count). The molecule has 8 nitrogen and oxygen atoms in total. The number of aromatic nitrogens is 3. The summed E-state index contributed by atoms with van der Waals surface area (Å²) in [5.74, 6) is -2.52. The molecule has 2 amide bonds. The number of fused-ring (bicyclic) bond motifs is 1. The summed E-state index contributed by atoms with van der Waals surface area (Å²) in [6, 6.07) is 9.28.